The van der Waals surface area contributed by atoms with Crippen LogP contribution >= 0.6 is 0 Å². The van der Waals surface area contributed by atoms with Gasteiger partial charge < -0.3 is 10.4 Å². The van der Waals surface area contributed by atoms with Gasteiger partial charge in [-0.3, -0.25) is 4.79 Å². The van der Waals surface area contributed by atoms with Gasteiger partial charge >= 0.3 is 5.97 Å². The number of carboxylic acids is 1. The molecule has 0 bridgehead atoms. The maximum Gasteiger partial charge on any atom is 0.307 e. The molecule has 18 heavy (non-hydrogen) atoms. The molecule has 1 aromatic carbocycles. The number of nitrogens with one attached hydrogen (secondary N) is 1. The highest BCUT2D eigenvalue weighted by Gasteiger charge is 2.22. The Morgan fingerprint density at radius 3 is 2.56 bits per heavy atom. The van der Waals surface area contributed by atoms with Gasteiger partial charge in [-0.2, -0.15) is 0 Å². The summed E-state index contributed by atoms with van der Waals surface area (Å²) in [5.41, 5.74) is 2.58. The first kappa shape index (κ1) is 14.7. The van der Waals surface area contributed by atoms with Crippen LogP contribution in [0, 0.1) is 12.8 Å². The third-order valence-electron chi connectivity index (χ3n) is 3.31. The molecular weight excluding hydrogens is 226 g/mol. The first-order chi connectivity index (χ1) is 8.34. The Morgan fingerprint density at radius 1 is 1.39 bits per heavy atom. The van der Waals surface area contributed by atoms with E-state index in [4.69, 9.17) is 5.11 Å². The molecule has 1 aromatic rings. The summed E-state index contributed by atoms with van der Waals surface area (Å²) in [6.45, 7) is 9.45. The molecule has 0 saturated heterocycles. The molecule has 0 spiro atoms. The van der Waals surface area contributed by atoms with Gasteiger partial charge in [0.05, 0.1) is 5.92 Å². The minimum atomic E-state index is -0.754. The van der Waals surface area contributed by atoms with Crippen LogP contribution in [-0.2, 0) is 10.2 Å². The van der Waals surface area contributed by atoms with Gasteiger partial charge in [0.25, 0.3) is 0 Å². The minimum absolute atomic E-state index is 0.00354. The first-order valence-corrected chi connectivity index (χ1v) is 6.34. The van der Waals surface area contributed by atoms with Crippen molar-refractivity contribution in [2.75, 3.05) is 13.1 Å². The van der Waals surface area contributed by atoms with Crippen LogP contribution in [-0.4, -0.2) is 24.2 Å². The normalized spacial score (nSPS) is 13.3. The number of carboxylic acid groups (broad SMARTS) is 1. The number of benzene rings is 1. The van der Waals surface area contributed by atoms with E-state index in [-0.39, 0.29) is 11.3 Å². The van der Waals surface area contributed by atoms with E-state index in [9.17, 15) is 4.79 Å². The predicted molar refractivity (Wildman–Crippen MR) is 73.9 cm³/mol. The van der Waals surface area contributed by atoms with Crippen molar-refractivity contribution in [3.63, 3.8) is 0 Å². The van der Waals surface area contributed by atoms with Gasteiger partial charge in [0.1, 0.15) is 0 Å². The fourth-order valence-corrected chi connectivity index (χ4v) is 2.12. The van der Waals surface area contributed by atoms with E-state index in [1.807, 2.05) is 12.1 Å². The van der Waals surface area contributed by atoms with Crippen molar-refractivity contribution in [3.05, 3.63) is 35.4 Å². The second kappa shape index (κ2) is 6.01. The van der Waals surface area contributed by atoms with Crippen molar-refractivity contribution in [1.29, 1.82) is 0 Å². The third kappa shape index (κ3) is 3.84. The maximum atomic E-state index is 10.7. The molecule has 100 valence electrons. The van der Waals surface area contributed by atoms with Gasteiger partial charge in [-0.1, -0.05) is 45.0 Å². The smallest absolute Gasteiger partial charge is 0.307 e. The first-order valence-electron chi connectivity index (χ1n) is 6.34. The Hall–Kier alpha value is -1.35. The molecule has 0 aliphatic heterocycles. The Bertz CT molecular complexity index is 413. The fourth-order valence-electron chi connectivity index (χ4n) is 2.12. The average Bonchev–Trinajstić information content (AvgIpc) is 2.28. The average molecular weight is 249 g/mol. The van der Waals surface area contributed by atoms with Crippen molar-refractivity contribution in [2.45, 2.75) is 33.1 Å². The van der Waals surface area contributed by atoms with Crippen LogP contribution in [0.4, 0.5) is 0 Å². The standard InChI is InChI=1S/C15H23NO2/c1-11-7-5-6-8-13(11)15(3,4)10-16-9-12(2)14(17)18/h5-8,12,16H,9-10H2,1-4H3,(H,17,18). The molecule has 0 aliphatic carbocycles. The van der Waals surface area contributed by atoms with Crippen molar-refractivity contribution in [3.8, 4) is 0 Å². The summed E-state index contributed by atoms with van der Waals surface area (Å²) in [6.07, 6.45) is 0. The molecule has 3 heteroatoms. The van der Waals surface area contributed by atoms with Crippen molar-refractivity contribution in [1.82, 2.24) is 5.32 Å². The van der Waals surface area contributed by atoms with Crippen LogP contribution in [0.1, 0.15) is 31.9 Å². The topological polar surface area (TPSA) is 49.3 Å². The zero-order chi connectivity index (χ0) is 13.8. The molecular formula is C15H23NO2. The van der Waals surface area contributed by atoms with E-state index in [1.165, 1.54) is 11.1 Å². The highest BCUT2D eigenvalue weighted by Crippen LogP contribution is 2.25. The summed E-state index contributed by atoms with van der Waals surface area (Å²) in [5, 5.41) is 12.1. The zero-order valence-electron chi connectivity index (χ0n) is 11.7. The van der Waals surface area contributed by atoms with Gasteiger partial charge in [0.2, 0.25) is 0 Å². The molecule has 0 amide bonds. The summed E-state index contributed by atoms with van der Waals surface area (Å²) < 4.78 is 0. The fraction of sp³-hybridized carbons (Fsp3) is 0.533. The van der Waals surface area contributed by atoms with Crippen LogP contribution in [0.2, 0.25) is 0 Å². The number of aliphatic carboxylic acids is 1. The number of aryl methyl sites for hydroxylation is 1. The lowest BCUT2D eigenvalue weighted by molar-refractivity contribution is -0.140. The second-order valence-corrected chi connectivity index (χ2v) is 5.57. The molecule has 1 rings (SSSR count). The summed E-state index contributed by atoms with van der Waals surface area (Å²) in [4.78, 5) is 10.7. The molecule has 2 N–H and O–H groups in total. The highest BCUT2D eigenvalue weighted by molar-refractivity contribution is 5.69. The van der Waals surface area contributed by atoms with Crippen molar-refractivity contribution in [2.24, 2.45) is 5.92 Å². The summed E-state index contributed by atoms with van der Waals surface area (Å²) in [7, 11) is 0. The minimum Gasteiger partial charge on any atom is -0.481 e. The molecule has 0 saturated carbocycles. The lowest BCUT2D eigenvalue weighted by Crippen LogP contribution is -2.37. The highest BCUT2D eigenvalue weighted by atomic mass is 16.4. The van der Waals surface area contributed by atoms with Gasteiger partial charge in [-0.15, -0.1) is 0 Å². The van der Waals surface area contributed by atoms with Crippen LogP contribution in [0.15, 0.2) is 24.3 Å². The van der Waals surface area contributed by atoms with Gasteiger partial charge in [0.15, 0.2) is 0 Å². The van der Waals surface area contributed by atoms with Crippen LogP contribution in [0.5, 0.6) is 0 Å². The van der Waals surface area contributed by atoms with Crippen molar-refractivity contribution >= 4 is 5.97 Å². The molecule has 1 unspecified atom stereocenters. The van der Waals surface area contributed by atoms with Crippen molar-refractivity contribution < 1.29 is 9.90 Å². The third-order valence-corrected chi connectivity index (χ3v) is 3.31. The number of rotatable bonds is 6. The summed E-state index contributed by atoms with van der Waals surface area (Å²) >= 11 is 0. The zero-order valence-corrected chi connectivity index (χ0v) is 11.7. The second-order valence-electron chi connectivity index (χ2n) is 5.57. The maximum absolute atomic E-state index is 10.7. The largest absolute Gasteiger partial charge is 0.481 e. The van der Waals surface area contributed by atoms with E-state index < -0.39 is 5.97 Å². The molecule has 3 nitrogen and oxygen atoms in total. The van der Waals surface area contributed by atoms with E-state index in [1.54, 1.807) is 6.92 Å². The molecule has 0 aromatic heterocycles. The summed E-state index contributed by atoms with van der Waals surface area (Å²) in [5.74, 6) is -1.10. The van der Waals surface area contributed by atoms with Gasteiger partial charge in [0, 0.05) is 18.5 Å². The van der Waals surface area contributed by atoms with E-state index in [0.717, 1.165) is 6.54 Å². The monoisotopic (exact) mass is 249 g/mol. The summed E-state index contributed by atoms with van der Waals surface area (Å²) in [6, 6.07) is 8.33. The molecule has 0 radical (unpaired) electrons. The van der Waals surface area contributed by atoms with Gasteiger partial charge in [-0.05, 0) is 18.1 Å². The molecule has 0 fully saturated rings. The Labute approximate surface area is 109 Å². The van der Waals surface area contributed by atoms with Crippen LogP contribution < -0.4 is 5.32 Å². The Morgan fingerprint density at radius 2 is 2.00 bits per heavy atom. The Balaban J connectivity index is 2.60. The quantitative estimate of drug-likeness (QED) is 0.814. The molecule has 1 atom stereocenters. The lowest BCUT2D eigenvalue weighted by atomic mass is 9.82. The Kier molecular flexibility index (Phi) is 4.91. The SMILES string of the molecule is Cc1ccccc1C(C)(C)CNCC(C)C(=O)O. The molecule has 0 heterocycles. The van der Waals surface area contributed by atoms with Crippen LogP contribution in [0.3, 0.4) is 0 Å². The van der Waals surface area contributed by atoms with E-state index >= 15 is 0 Å². The van der Waals surface area contributed by atoms with E-state index in [2.05, 4.69) is 38.2 Å². The van der Waals surface area contributed by atoms with E-state index in [0.29, 0.717) is 6.54 Å². The predicted octanol–water partition coefficient (Wildman–Crippen LogP) is 2.58. The lowest BCUT2D eigenvalue weighted by Gasteiger charge is -2.28. The number of hydrogen-bond donors (Lipinski definition) is 2. The number of hydrogen-bond acceptors (Lipinski definition) is 2. The molecule has 0 aliphatic rings. The van der Waals surface area contributed by atoms with Gasteiger partial charge in [-0.25, -0.2) is 0 Å². The number of carbonyl (C=O) groups is 1. The van der Waals surface area contributed by atoms with Crippen LogP contribution in [0.25, 0.3) is 0 Å².